The van der Waals surface area contributed by atoms with Crippen LogP contribution in [0.2, 0.25) is 0 Å². The lowest BCUT2D eigenvalue weighted by molar-refractivity contribution is 0.261. The first kappa shape index (κ1) is 20.3. The Labute approximate surface area is 186 Å². The van der Waals surface area contributed by atoms with Gasteiger partial charge >= 0.3 is 5.69 Å². The highest BCUT2D eigenvalue weighted by atomic mass is 16.3. The molecule has 5 rings (SSSR count). The number of benzene rings is 2. The molecule has 0 spiro atoms. The maximum atomic E-state index is 11.9. The molecular weight excluding hydrogens is 402 g/mol. The Morgan fingerprint density at radius 2 is 1.84 bits per heavy atom. The fraction of sp³-hybridized carbons (Fsp3) is 0.280. The first-order valence-corrected chi connectivity index (χ1v) is 11.0. The summed E-state index contributed by atoms with van der Waals surface area (Å²) in [6, 6.07) is 18.4. The Morgan fingerprint density at radius 3 is 2.62 bits per heavy atom. The van der Waals surface area contributed by atoms with Crippen LogP contribution in [0.15, 0.2) is 65.6 Å². The van der Waals surface area contributed by atoms with Crippen molar-refractivity contribution in [2.45, 2.75) is 13.3 Å². The van der Waals surface area contributed by atoms with E-state index in [4.69, 9.17) is 0 Å². The van der Waals surface area contributed by atoms with Gasteiger partial charge in [0, 0.05) is 49.5 Å². The number of H-pyrrole nitrogens is 1. The number of anilines is 1. The number of hydrogen-bond acceptors (Lipinski definition) is 5. The van der Waals surface area contributed by atoms with Crippen molar-refractivity contribution < 1.29 is 5.11 Å². The zero-order valence-electron chi connectivity index (χ0n) is 18.2. The number of imidazole rings is 1. The van der Waals surface area contributed by atoms with Crippen LogP contribution in [0.4, 0.5) is 5.69 Å². The minimum Gasteiger partial charge on any atom is -0.493 e. The summed E-state index contributed by atoms with van der Waals surface area (Å²) < 4.78 is 1.28. The second-order valence-electron chi connectivity index (χ2n) is 8.33. The predicted molar refractivity (Wildman–Crippen MR) is 127 cm³/mol. The number of aromatic amines is 1. The number of aromatic nitrogens is 3. The van der Waals surface area contributed by atoms with Gasteiger partial charge < -0.3 is 15.0 Å². The lowest BCUT2D eigenvalue weighted by Crippen LogP contribution is -2.47. The number of nitrogens with one attached hydrogen (secondary N) is 1. The van der Waals surface area contributed by atoms with Gasteiger partial charge in [-0.1, -0.05) is 18.2 Å². The fourth-order valence-corrected chi connectivity index (χ4v) is 4.48. The van der Waals surface area contributed by atoms with Crippen LogP contribution in [0.3, 0.4) is 0 Å². The smallest absolute Gasteiger partial charge is 0.333 e. The summed E-state index contributed by atoms with van der Waals surface area (Å²) in [5, 5.41) is 11.1. The van der Waals surface area contributed by atoms with Gasteiger partial charge in [-0.05, 0) is 55.3 Å². The Hall–Kier alpha value is -3.58. The zero-order chi connectivity index (χ0) is 22.1. The van der Waals surface area contributed by atoms with Crippen molar-refractivity contribution in [1.82, 2.24) is 19.4 Å². The summed E-state index contributed by atoms with van der Waals surface area (Å²) in [6.07, 6.45) is 2.20. The quantitative estimate of drug-likeness (QED) is 0.510. The highest BCUT2D eigenvalue weighted by molar-refractivity contribution is 5.92. The first-order valence-electron chi connectivity index (χ1n) is 11.0. The summed E-state index contributed by atoms with van der Waals surface area (Å²) in [7, 11) is 0. The third-order valence-corrected chi connectivity index (χ3v) is 6.20. The SMILES string of the molecule is Cc1ccc2c(N3CCN(CCc4cccc(-n5c(O)c[nH]c5=O)c4)CC3)cccc2n1. The van der Waals surface area contributed by atoms with Crippen LogP contribution in [-0.2, 0) is 6.42 Å². The lowest BCUT2D eigenvalue weighted by Gasteiger charge is -2.36. The van der Waals surface area contributed by atoms with Crippen molar-refractivity contribution in [1.29, 1.82) is 0 Å². The van der Waals surface area contributed by atoms with Crippen molar-refractivity contribution >= 4 is 16.6 Å². The standard InChI is InChI=1S/C25H27N5O2/c1-18-8-9-21-22(27-18)6-3-7-23(21)29-14-12-28(13-15-29)11-10-19-4-2-5-20(16-19)30-24(31)17-26-25(30)32/h2-9,16-17,31H,10-15H2,1H3,(H,26,32). The molecule has 0 radical (unpaired) electrons. The number of hydrogen-bond donors (Lipinski definition) is 2. The normalized spacial score (nSPS) is 14.8. The molecule has 1 aliphatic rings. The summed E-state index contributed by atoms with van der Waals surface area (Å²) in [4.78, 5) is 24.1. The predicted octanol–water partition coefficient (Wildman–Crippen LogP) is 3.09. The molecule has 0 atom stereocenters. The molecule has 2 aromatic carbocycles. The summed E-state index contributed by atoms with van der Waals surface area (Å²) >= 11 is 0. The van der Waals surface area contributed by atoms with Gasteiger partial charge in [0.05, 0.1) is 17.4 Å². The number of pyridine rings is 1. The van der Waals surface area contributed by atoms with E-state index in [1.165, 1.54) is 21.8 Å². The van der Waals surface area contributed by atoms with Crippen LogP contribution < -0.4 is 10.6 Å². The van der Waals surface area contributed by atoms with Gasteiger partial charge in [-0.2, -0.15) is 0 Å². The largest absolute Gasteiger partial charge is 0.493 e. The van der Waals surface area contributed by atoms with Crippen LogP contribution in [-0.4, -0.2) is 57.3 Å². The molecule has 2 N–H and O–H groups in total. The summed E-state index contributed by atoms with van der Waals surface area (Å²) in [5.41, 5.74) is 4.84. The molecule has 164 valence electrons. The van der Waals surface area contributed by atoms with Gasteiger partial charge in [0.25, 0.3) is 0 Å². The Morgan fingerprint density at radius 1 is 1.03 bits per heavy atom. The molecule has 1 saturated heterocycles. The molecule has 0 bridgehead atoms. The molecular formula is C25H27N5O2. The molecule has 0 unspecified atom stereocenters. The molecule has 3 heterocycles. The van der Waals surface area contributed by atoms with Gasteiger partial charge in [-0.3, -0.25) is 9.88 Å². The molecule has 4 aromatic rings. The highest BCUT2D eigenvalue weighted by Crippen LogP contribution is 2.27. The van der Waals surface area contributed by atoms with Crippen molar-refractivity contribution in [3.63, 3.8) is 0 Å². The van der Waals surface area contributed by atoms with Gasteiger partial charge in [0.2, 0.25) is 5.88 Å². The molecule has 7 heteroatoms. The van der Waals surface area contributed by atoms with Gasteiger partial charge in [-0.15, -0.1) is 0 Å². The monoisotopic (exact) mass is 429 g/mol. The van der Waals surface area contributed by atoms with Crippen molar-refractivity contribution in [2.24, 2.45) is 0 Å². The van der Waals surface area contributed by atoms with E-state index in [0.29, 0.717) is 5.69 Å². The summed E-state index contributed by atoms with van der Waals surface area (Å²) in [6.45, 7) is 6.97. The second kappa shape index (κ2) is 8.51. The van der Waals surface area contributed by atoms with Gasteiger partial charge in [0.15, 0.2) is 0 Å². The number of piperazine rings is 1. The third kappa shape index (κ3) is 3.99. The Bertz CT molecular complexity index is 1300. The minimum atomic E-state index is -0.338. The van der Waals surface area contributed by atoms with Crippen LogP contribution in [0.1, 0.15) is 11.3 Å². The Balaban J connectivity index is 1.22. The van der Waals surface area contributed by atoms with Gasteiger partial charge in [-0.25, -0.2) is 9.36 Å². The number of rotatable bonds is 5. The number of aryl methyl sites for hydroxylation is 1. The molecule has 32 heavy (non-hydrogen) atoms. The molecule has 2 aromatic heterocycles. The number of fused-ring (bicyclic) bond motifs is 1. The maximum absolute atomic E-state index is 11.9. The average molecular weight is 430 g/mol. The topological polar surface area (TPSA) is 77.4 Å². The summed E-state index contributed by atoms with van der Waals surface area (Å²) in [5.74, 6) is -0.0814. The minimum absolute atomic E-state index is 0.0814. The first-order chi connectivity index (χ1) is 15.6. The second-order valence-corrected chi connectivity index (χ2v) is 8.33. The van der Waals surface area contributed by atoms with Crippen molar-refractivity contribution in [3.8, 4) is 11.6 Å². The maximum Gasteiger partial charge on any atom is 0.333 e. The molecule has 0 aliphatic carbocycles. The van der Waals surface area contributed by atoms with E-state index in [0.717, 1.165) is 55.9 Å². The van der Waals surface area contributed by atoms with Crippen molar-refractivity contribution in [2.75, 3.05) is 37.6 Å². The van der Waals surface area contributed by atoms with Crippen LogP contribution in [0, 0.1) is 6.92 Å². The van der Waals surface area contributed by atoms with E-state index in [1.807, 2.05) is 25.1 Å². The third-order valence-electron chi connectivity index (χ3n) is 6.20. The van der Waals surface area contributed by atoms with Crippen LogP contribution in [0.5, 0.6) is 5.88 Å². The van der Waals surface area contributed by atoms with Crippen molar-refractivity contribution in [3.05, 3.63) is 82.5 Å². The molecule has 0 amide bonds. The van der Waals surface area contributed by atoms with E-state index in [9.17, 15) is 9.90 Å². The van der Waals surface area contributed by atoms with E-state index in [-0.39, 0.29) is 11.6 Å². The molecule has 1 fully saturated rings. The fourth-order valence-electron chi connectivity index (χ4n) is 4.48. The van der Waals surface area contributed by atoms with E-state index in [2.05, 4.69) is 56.2 Å². The number of aromatic hydroxyl groups is 1. The molecule has 0 saturated carbocycles. The molecule has 1 aliphatic heterocycles. The van der Waals surface area contributed by atoms with E-state index in [1.54, 1.807) is 0 Å². The highest BCUT2D eigenvalue weighted by Gasteiger charge is 2.19. The van der Waals surface area contributed by atoms with Gasteiger partial charge in [0.1, 0.15) is 0 Å². The lowest BCUT2D eigenvalue weighted by atomic mass is 10.1. The number of nitrogens with zero attached hydrogens (tertiary/aromatic N) is 4. The van der Waals surface area contributed by atoms with E-state index < -0.39 is 0 Å². The average Bonchev–Trinajstić information content (AvgIpc) is 3.15. The molecule has 7 nitrogen and oxygen atoms in total. The van der Waals surface area contributed by atoms with Crippen LogP contribution in [0.25, 0.3) is 16.6 Å². The van der Waals surface area contributed by atoms with Crippen LogP contribution >= 0.6 is 0 Å². The zero-order valence-corrected chi connectivity index (χ0v) is 18.2. The Kier molecular flexibility index (Phi) is 5.41. The van der Waals surface area contributed by atoms with E-state index >= 15 is 0 Å².